The number of aromatic nitrogens is 2. The zero-order valence-electron chi connectivity index (χ0n) is 10.3. The highest BCUT2D eigenvalue weighted by Crippen LogP contribution is 2.29. The Hall–Kier alpha value is -1.20. The first-order valence-electron chi connectivity index (χ1n) is 6.37. The molecule has 5 heteroatoms. The predicted molar refractivity (Wildman–Crippen MR) is 72.9 cm³/mol. The van der Waals surface area contributed by atoms with E-state index in [0.717, 1.165) is 23.1 Å². The number of thiophene rings is 1. The molecule has 0 unspecified atom stereocenters. The molecule has 0 amide bonds. The van der Waals surface area contributed by atoms with Crippen molar-refractivity contribution < 1.29 is 4.74 Å². The van der Waals surface area contributed by atoms with Crippen LogP contribution in [0.1, 0.15) is 32.1 Å². The van der Waals surface area contributed by atoms with Crippen molar-refractivity contribution in [2.24, 2.45) is 5.73 Å². The Balaban J connectivity index is 1.74. The van der Waals surface area contributed by atoms with Crippen LogP contribution in [0.25, 0.3) is 10.2 Å². The van der Waals surface area contributed by atoms with Crippen molar-refractivity contribution >= 4 is 21.6 Å². The Morgan fingerprint density at radius 3 is 2.94 bits per heavy atom. The van der Waals surface area contributed by atoms with Crippen molar-refractivity contribution in [2.75, 3.05) is 6.61 Å². The summed E-state index contributed by atoms with van der Waals surface area (Å²) < 4.78 is 5.85. The molecule has 0 aliphatic heterocycles. The van der Waals surface area contributed by atoms with E-state index in [-0.39, 0.29) is 5.54 Å². The van der Waals surface area contributed by atoms with Crippen molar-refractivity contribution in [3.8, 4) is 5.88 Å². The summed E-state index contributed by atoms with van der Waals surface area (Å²) in [5.41, 5.74) is 6.19. The molecule has 2 aromatic heterocycles. The highest BCUT2D eigenvalue weighted by molar-refractivity contribution is 7.16. The summed E-state index contributed by atoms with van der Waals surface area (Å²) in [7, 11) is 0. The van der Waals surface area contributed by atoms with Crippen LogP contribution in [-0.2, 0) is 0 Å². The molecule has 1 fully saturated rings. The molecule has 0 spiro atoms. The molecule has 2 heterocycles. The van der Waals surface area contributed by atoms with E-state index in [1.807, 2.05) is 11.4 Å². The minimum absolute atomic E-state index is 0.175. The van der Waals surface area contributed by atoms with Gasteiger partial charge in [-0.3, -0.25) is 0 Å². The number of fused-ring (bicyclic) bond motifs is 1. The van der Waals surface area contributed by atoms with Gasteiger partial charge in [0, 0.05) is 0 Å². The summed E-state index contributed by atoms with van der Waals surface area (Å²) in [5, 5.41) is 2.99. The third-order valence-corrected chi connectivity index (χ3v) is 4.39. The maximum Gasteiger partial charge on any atom is 0.225 e. The van der Waals surface area contributed by atoms with Crippen LogP contribution < -0.4 is 10.5 Å². The van der Waals surface area contributed by atoms with Gasteiger partial charge in [-0.15, -0.1) is 11.3 Å². The molecule has 0 atom stereocenters. The molecule has 0 saturated heterocycles. The lowest BCUT2D eigenvalue weighted by Gasteiger charge is -2.32. The number of rotatable bonds is 3. The molecule has 18 heavy (non-hydrogen) atoms. The summed E-state index contributed by atoms with van der Waals surface area (Å²) in [6.07, 6.45) is 7.35. The number of nitrogens with two attached hydrogens (primary N) is 1. The van der Waals surface area contributed by atoms with Crippen molar-refractivity contribution in [3.63, 3.8) is 0 Å². The second-order valence-corrected chi connectivity index (χ2v) is 5.92. The van der Waals surface area contributed by atoms with Crippen LogP contribution >= 0.6 is 11.3 Å². The number of ether oxygens (including phenoxy) is 1. The molecule has 4 nitrogen and oxygen atoms in total. The van der Waals surface area contributed by atoms with Crippen LogP contribution in [0.15, 0.2) is 17.8 Å². The van der Waals surface area contributed by atoms with Gasteiger partial charge in [-0.2, -0.15) is 0 Å². The van der Waals surface area contributed by atoms with Gasteiger partial charge in [0.15, 0.2) is 0 Å². The maximum absolute atomic E-state index is 6.36. The van der Waals surface area contributed by atoms with E-state index >= 15 is 0 Å². The minimum atomic E-state index is -0.175. The molecule has 3 rings (SSSR count). The SMILES string of the molecule is NC1(COc2ncnc3sccc23)CCCCC1. The molecule has 2 aromatic rings. The molecule has 96 valence electrons. The van der Waals surface area contributed by atoms with E-state index in [2.05, 4.69) is 9.97 Å². The van der Waals surface area contributed by atoms with Gasteiger partial charge in [-0.25, -0.2) is 9.97 Å². The van der Waals surface area contributed by atoms with E-state index < -0.39 is 0 Å². The quantitative estimate of drug-likeness (QED) is 0.925. The molecular formula is C13H17N3OS. The number of nitrogens with zero attached hydrogens (tertiary/aromatic N) is 2. The van der Waals surface area contributed by atoms with Gasteiger partial charge in [0.05, 0.1) is 10.9 Å². The van der Waals surface area contributed by atoms with Gasteiger partial charge in [0.25, 0.3) is 0 Å². The fourth-order valence-electron chi connectivity index (χ4n) is 2.49. The van der Waals surface area contributed by atoms with Crippen LogP contribution in [0.5, 0.6) is 5.88 Å². The van der Waals surface area contributed by atoms with Crippen LogP contribution in [0.3, 0.4) is 0 Å². The van der Waals surface area contributed by atoms with Gasteiger partial charge in [0.1, 0.15) is 17.8 Å². The first-order chi connectivity index (χ1) is 8.77. The molecule has 2 N–H and O–H groups in total. The second-order valence-electron chi connectivity index (χ2n) is 5.03. The van der Waals surface area contributed by atoms with Crippen LogP contribution in [-0.4, -0.2) is 22.1 Å². The van der Waals surface area contributed by atoms with Crippen LogP contribution in [0.4, 0.5) is 0 Å². The summed E-state index contributed by atoms with van der Waals surface area (Å²) in [5.74, 6) is 0.664. The molecule has 0 bridgehead atoms. The number of hydrogen-bond acceptors (Lipinski definition) is 5. The van der Waals surface area contributed by atoms with Gasteiger partial charge in [-0.1, -0.05) is 19.3 Å². The van der Waals surface area contributed by atoms with Gasteiger partial charge < -0.3 is 10.5 Å². The Morgan fingerprint density at radius 1 is 1.28 bits per heavy atom. The monoisotopic (exact) mass is 263 g/mol. The van der Waals surface area contributed by atoms with E-state index in [1.165, 1.54) is 19.3 Å². The summed E-state index contributed by atoms with van der Waals surface area (Å²) in [6, 6.07) is 2.00. The highest BCUT2D eigenvalue weighted by Gasteiger charge is 2.28. The molecule has 1 aliphatic rings. The second kappa shape index (κ2) is 4.82. The predicted octanol–water partition coefficient (Wildman–Crippen LogP) is 2.73. The van der Waals surface area contributed by atoms with Crippen molar-refractivity contribution in [3.05, 3.63) is 17.8 Å². The standard InChI is InChI=1S/C13H17N3OS/c14-13(5-2-1-3-6-13)8-17-11-10-4-7-18-12(10)16-9-15-11/h4,7,9H,1-3,5-6,8,14H2. The smallest absolute Gasteiger partial charge is 0.225 e. The Labute approximate surface area is 110 Å². The van der Waals surface area contributed by atoms with E-state index in [1.54, 1.807) is 17.7 Å². The zero-order chi connectivity index (χ0) is 12.4. The molecule has 0 radical (unpaired) electrons. The van der Waals surface area contributed by atoms with Crippen molar-refractivity contribution in [1.29, 1.82) is 0 Å². The first-order valence-corrected chi connectivity index (χ1v) is 7.25. The lowest BCUT2D eigenvalue weighted by molar-refractivity contribution is 0.170. The highest BCUT2D eigenvalue weighted by atomic mass is 32.1. The average molecular weight is 263 g/mol. The van der Waals surface area contributed by atoms with Crippen molar-refractivity contribution in [2.45, 2.75) is 37.6 Å². The molecule has 0 aromatic carbocycles. The molecule has 1 aliphatic carbocycles. The Bertz CT molecular complexity index is 534. The lowest BCUT2D eigenvalue weighted by atomic mass is 9.83. The van der Waals surface area contributed by atoms with Gasteiger partial charge >= 0.3 is 0 Å². The fourth-order valence-corrected chi connectivity index (χ4v) is 3.22. The maximum atomic E-state index is 6.36. The van der Waals surface area contributed by atoms with Gasteiger partial charge in [0.2, 0.25) is 5.88 Å². The topological polar surface area (TPSA) is 61.0 Å². The summed E-state index contributed by atoms with van der Waals surface area (Å²) in [6.45, 7) is 0.551. The van der Waals surface area contributed by atoms with Crippen molar-refractivity contribution in [1.82, 2.24) is 9.97 Å². The third-order valence-electron chi connectivity index (χ3n) is 3.57. The van der Waals surface area contributed by atoms with Crippen LogP contribution in [0, 0.1) is 0 Å². The first kappa shape index (κ1) is 11.9. The summed E-state index contributed by atoms with van der Waals surface area (Å²) >= 11 is 1.60. The molecule has 1 saturated carbocycles. The third kappa shape index (κ3) is 2.33. The largest absolute Gasteiger partial charge is 0.475 e. The zero-order valence-corrected chi connectivity index (χ0v) is 11.1. The minimum Gasteiger partial charge on any atom is -0.475 e. The Morgan fingerprint density at radius 2 is 2.11 bits per heavy atom. The van der Waals surface area contributed by atoms with E-state index in [0.29, 0.717) is 12.5 Å². The molecular weight excluding hydrogens is 246 g/mol. The van der Waals surface area contributed by atoms with Crippen LogP contribution in [0.2, 0.25) is 0 Å². The fraction of sp³-hybridized carbons (Fsp3) is 0.538. The van der Waals surface area contributed by atoms with Gasteiger partial charge in [-0.05, 0) is 24.3 Å². The normalized spacial score (nSPS) is 18.9. The lowest BCUT2D eigenvalue weighted by Crippen LogP contribution is -2.47. The van der Waals surface area contributed by atoms with E-state index in [9.17, 15) is 0 Å². The van der Waals surface area contributed by atoms with E-state index in [4.69, 9.17) is 10.5 Å². The summed E-state index contributed by atoms with van der Waals surface area (Å²) in [4.78, 5) is 9.39. The Kier molecular flexibility index (Phi) is 3.18. The number of hydrogen-bond donors (Lipinski definition) is 1. The average Bonchev–Trinajstić information content (AvgIpc) is 2.86.